The van der Waals surface area contributed by atoms with Crippen LogP contribution in [-0.2, 0) is 9.59 Å². The number of benzene rings is 3. The van der Waals surface area contributed by atoms with Crippen molar-refractivity contribution in [1.29, 1.82) is 0 Å². The number of nitrogens with zero attached hydrogens (tertiary/aromatic N) is 1. The van der Waals surface area contributed by atoms with Crippen LogP contribution in [0, 0.1) is 5.82 Å². The quantitative estimate of drug-likeness (QED) is 0.327. The molecule has 0 aliphatic carbocycles. The molecule has 1 fully saturated rings. The molecule has 204 valence electrons. The average molecular weight is 529 g/mol. The summed E-state index contributed by atoms with van der Waals surface area (Å²) in [6.07, 6.45) is 5.18. The standard InChI is InChI=1S/C32H37FN4O2/c33-27-16-13-24(14-17-27)15-18-31(38)35-22-28-19-21-37(32(39)30(36-28)12-7-20-34)23-29(25-8-3-1-4-9-25)26-10-5-2-6-11-26/h1-6,8-11,13-18,28-30,36H,7,12,19-23,34H2,(H,35,38)/t28-,30-/m0/s1. The van der Waals surface area contributed by atoms with Crippen LogP contribution >= 0.6 is 0 Å². The van der Waals surface area contributed by atoms with E-state index in [1.165, 1.54) is 29.3 Å². The molecule has 4 N–H and O–H groups in total. The van der Waals surface area contributed by atoms with Crippen molar-refractivity contribution in [3.63, 3.8) is 0 Å². The highest BCUT2D eigenvalue weighted by atomic mass is 19.1. The van der Waals surface area contributed by atoms with Gasteiger partial charge in [0, 0.05) is 37.7 Å². The van der Waals surface area contributed by atoms with E-state index in [0.717, 1.165) is 12.0 Å². The predicted octanol–water partition coefficient (Wildman–Crippen LogP) is 4.09. The molecule has 4 rings (SSSR count). The van der Waals surface area contributed by atoms with Gasteiger partial charge in [0.05, 0.1) is 6.04 Å². The summed E-state index contributed by atoms with van der Waals surface area (Å²) in [6, 6.07) is 26.1. The Morgan fingerprint density at radius 2 is 1.67 bits per heavy atom. The van der Waals surface area contributed by atoms with E-state index in [9.17, 15) is 14.0 Å². The summed E-state index contributed by atoms with van der Waals surface area (Å²) < 4.78 is 13.1. The van der Waals surface area contributed by atoms with Gasteiger partial charge in [-0.15, -0.1) is 0 Å². The molecule has 0 saturated carbocycles. The Kier molecular flexibility index (Phi) is 10.4. The number of hydrogen-bond donors (Lipinski definition) is 3. The zero-order valence-corrected chi connectivity index (χ0v) is 22.1. The van der Waals surface area contributed by atoms with E-state index in [1.54, 1.807) is 18.2 Å². The molecule has 1 heterocycles. The van der Waals surface area contributed by atoms with E-state index in [-0.39, 0.29) is 35.6 Å². The number of carbonyl (C=O) groups is 2. The van der Waals surface area contributed by atoms with Crippen LogP contribution in [0.1, 0.15) is 41.9 Å². The van der Waals surface area contributed by atoms with Crippen molar-refractivity contribution < 1.29 is 14.0 Å². The fraction of sp³-hybridized carbons (Fsp3) is 0.312. The lowest BCUT2D eigenvalue weighted by molar-refractivity contribution is -0.133. The van der Waals surface area contributed by atoms with Crippen molar-refractivity contribution in [3.05, 3.63) is 114 Å². The van der Waals surface area contributed by atoms with Crippen molar-refractivity contribution in [2.75, 3.05) is 26.2 Å². The van der Waals surface area contributed by atoms with Crippen molar-refractivity contribution in [3.8, 4) is 0 Å². The second-order valence-corrected chi connectivity index (χ2v) is 9.92. The minimum Gasteiger partial charge on any atom is -0.351 e. The van der Waals surface area contributed by atoms with Crippen LogP contribution in [0.2, 0.25) is 0 Å². The van der Waals surface area contributed by atoms with Crippen molar-refractivity contribution in [2.24, 2.45) is 5.73 Å². The molecule has 1 aliphatic rings. The largest absolute Gasteiger partial charge is 0.351 e. The SMILES string of the molecule is NCCC[C@@H]1N[C@H](CNC(=O)C=Cc2ccc(F)cc2)CCN(CC(c2ccccc2)c2ccccc2)C1=O. The van der Waals surface area contributed by atoms with Gasteiger partial charge in [-0.2, -0.15) is 0 Å². The first kappa shape index (κ1) is 28.2. The number of amides is 2. The van der Waals surface area contributed by atoms with Crippen LogP contribution in [0.15, 0.2) is 91.0 Å². The third-order valence-corrected chi connectivity index (χ3v) is 7.12. The second-order valence-electron chi connectivity index (χ2n) is 9.92. The van der Waals surface area contributed by atoms with E-state index in [0.29, 0.717) is 39.0 Å². The van der Waals surface area contributed by atoms with Crippen LogP contribution in [0.3, 0.4) is 0 Å². The summed E-state index contributed by atoms with van der Waals surface area (Å²) in [5, 5.41) is 6.44. The lowest BCUT2D eigenvalue weighted by atomic mass is 9.90. The molecule has 7 heteroatoms. The highest BCUT2D eigenvalue weighted by Crippen LogP contribution is 2.27. The Bertz CT molecular complexity index is 1180. The number of carbonyl (C=O) groups excluding carboxylic acids is 2. The molecule has 6 nitrogen and oxygen atoms in total. The van der Waals surface area contributed by atoms with Gasteiger partial charge in [-0.05, 0) is 60.7 Å². The molecule has 2 amide bonds. The Labute approximate surface area is 230 Å². The molecule has 0 bridgehead atoms. The van der Waals surface area contributed by atoms with Crippen LogP contribution in [0.5, 0.6) is 0 Å². The molecule has 39 heavy (non-hydrogen) atoms. The van der Waals surface area contributed by atoms with Crippen LogP contribution in [0.25, 0.3) is 6.08 Å². The third kappa shape index (κ3) is 8.34. The summed E-state index contributed by atoms with van der Waals surface area (Å²) in [4.78, 5) is 28.1. The zero-order chi connectivity index (χ0) is 27.5. The number of halogens is 1. The molecule has 3 aromatic rings. The predicted molar refractivity (Wildman–Crippen MR) is 153 cm³/mol. The minimum absolute atomic E-state index is 0.0550. The molecule has 1 aliphatic heterocycles. The number of rotatable bonds is 11. The molecule has 2 atom stereocenters. The maximum atomic E-state index is 13.7. The maximum Gasteiger partial charge on any atom is 0.244 e. The molecule has 0 unspecified atom stereocenters. The number of hydrogen-bond acceptors (Lipinski definition) is 4. The minimum atomic E-state index is -0.361. The summed E-state index contributed by atoms with van der Waals surface area (Å²) in [7, 11) is 0. The van der Waals surface area contributed by atoms with Gasteiger partial charge < -0.3 is 21.3 Å². The Balaban J connectivity index is 1.44. The van der Waals surface area contributed by atoms with E-state index in [1.807, 2.05) is 41.3 Å². The van der Waals surface area contributed by atoms with Crippen molar-refractivity contribution in [1.82, 2.24) is 15.5 Å². The summed E-state index contributed by atoms with van der Waals surface area (Å²) >= 11 is 0. The first-order valence-electron chi connectivity index (χ1n) is 13.6. The average Bonchev–Trinajstić information content (AvgIpc) is 3.12. The monoisotopic (exact) mass is 528 g/mol. The van der Waals surface area contributed by atoms with E-state index < -0.39 is 0 Å². The van der Waals surface area contributed by atoms with Crippen LogP contribution in [-0.4, -0.2) is 55.0 Å². The highest BCUT2D eigenvalue weighted by Gasteiger charge is 2.32. The van der Waals surface area contributed by atoms with Gasteiger partial charge in [-0.25, -0.2) is 4.39 Å². The Morgan fingerprint density at radius 1 is 1.03 bits per heavy atom. The van der Waals surface area contributed by atoms with Crippen molar-refractivity contribution in [2.45, 2.75) is 37.3 Å². The molecule has 0 aromatic heterocycles. The van der Waals surface area contributed by atoms with E-state index in [2.05, 4.69) is 34.9 Å². The van der Waals surface area contributed by atoms with Crippen molar-refractivity contribution >= 4 is 17.9 Å². The molecule has 0 spiro atoms. The van der Waals surface area contributed by atoms with E-state index >= 15 is 0 Å². The topological polar surface area (TPSA) is 87.5 Å². The van der Waals surface area contributed by atoms with Gasteiger partial charge in [0.15, 0.2) is 0 Å². The van der Waals surface area contributed by atoms with Gasteiger partial charge in [0.2, 0.25) is 11.8 Å². The Hall–Kier alpha value is -3.81. The molecule has 3 aromatic carbocycles. The maximum absolute atomic E-state index is 13.7. The summed E-state index contributed by atoms with van der Waals surface area (Å²) in [6.45, 7) is 2.07. The lowest BCUT2D eigenvalue weighted by Crippen LogP contribution is -2.49. The van der Waals surface area contributed by atoms with Gasteiger partial charge >= 0.3 is 0 Å². The van der Waals surface area contributed by atoms with Gasteiger partial charge in [-0.3, -0.25) is 9.59 Å². The van der Waals surface area contributed by atoms with E-state index in [4.69, 9.17) is 5.73 Å². The van der Waals surface area contributed by atoms with Crippen LogP contribution < -0.4 is 16.4 Å². The summed E-state index contributed by atoms with van der Waals surface area (Å²) in [5.74, 6) is -0.423. The summed E-state index contributed by atoms with van der Waals surface area (Å²) in [5.41, 5.74) is 8.87. The first-order chi connectivity index (χ1) is 19.0. The fourth-order valence-electron chi connectivity index (χ4n) is 4.98. The smallest absolute Gasteiger partial charge is 0.244 e. The van der Waals surface area contributed by atoms with Crippen LogP contribution in [0.4, 0.5) is 4.39 Å². The first-order valence-corrected chi connectivity index (χ1v) is 13.6. The van der Waals surface area contributed by atoms with Gasteiger partial charge in [0.25, 0.3) is 0 Å². The zero-order valence-electron chi connectivity index (χ0n) is 22.1. The molecule has 1 saturated heterocycles. The van der Waals surface area contributed by atoms with Gasteiger partial charge in [-0.1, -0.05) is 72.8 Å². The molecular formula is C32H37FN4O2. The molecular weight excluding hydrogens is 491 g/mol. The third-order valence-electron chi connectivity index (χ3n) is 7.12. The number of nitrogens with two attached hydrogens (primary N) is 1. The Morgan fingerprint density at radius 3 is 2.28 bits per heavy atom. The number of nitrogens with one attached hydrogen (secondary N) is 2. The second kappa shape index (κ2) is 14.4. The van der Waals surface area contributed by atoms with Gasteiger partial charge in [0.1, 0.15) is 5.82 Å². The highest BCUT2D eigenvalue weighted by molar-refractivity contribution is 5.91. The normalized spacial score (nSPS) is 17.9. The lowest BCUT2D eigenvalue weighted by Gasteiger charge is -2.29. The fourth-order valence-corrected chi connectivity index (χ4v) is 4.98. The molecule has 0 radical (unpaired) electrons.